The van der Waals surface area contributed by atoms with Crippen LogP contribution in [0.1, 0.15) is 28.8 Å². The van der Waals surface area contributed by atoms with Crippen molar-refractivity contribution < 1.29 is 9.53 Å². The molecule has 1 saturated carbocycles. The molecule has 1 aliphatic rings. The van der Waals surface area contributed by atoms with Crippen LogP contribution >= 0.6 is 24.0 Å². The fraction of sp³-hybridized carbons (Fsp3) is 0.364. The van der Waals surface area contributed by atoms with E-state index in [1.54, 1.807) is 38.4 Å². The monoisotopic (exact) mass is 508 g/mol. The Hall–Kier alpha value is -2.29. The van der Waals surface area contributed by atoms with Crippen molar-refractivity contribution in [3.8, 4) is 5.75 Å². The standard InChI is InChI=1S/C22H28N4O2.HI/c1-23-21(26-16-22(12-13-22)18-6-4-3-5-7-18)25-15-14-24-20(27)17-8-10-19(28-2)11-9-17;/h3-11H,12-16H2,1-2H3,(H,24,27)(H2,23,25,26);1H. The topological polar surface area (TPSA) is 74.8 Å². The van der Waals surface area contributed by atoms with Gasteiger partial charge in [0.1, 0.15) is 5.75 Å². The molecule has 1 aliphatic carbocycles. The highest BCUT2D eigenvalue weighted by molar-refractivity contribution is 14.0. The molecule has 1 fully saturated rings. The number of guanidine groups is 1. The van der Waals surface area contributed by atoms with Gasteiger partial charge in [0.2, 0.25) is 0 Å². The molecule has 0 aliphatic heterocycles. The van der Waals surface area contributed by atoms with Gasteiger partial charge in [0, 0.05) is 37.7 Å². The lowest BCUT2D eigenvalue weighted by Crippen LogP contribution is -2.44. The largest absolute Gasteiger partial charge is 0.497 e. The fourth-order valence-electron chi connectivity index (χ4n) is 3.19. The van der Waals surface area contributed by atoms with Crippen molar-refractivity contribution in [3.05, 3.63) is 65.7 Å². The zero-order chi connectivity index (χ0) is 19.8. The summed E-state index contributed by atoms with van der Waals surface area (Å²) in [5, 5.41) is 9.57. The van der Waals surface area contributed by atoms with Crippen molar-refractivity contribution in [2.75, 3.05) is 33.8 Å². The molecule has 29 heavy (non-hydrogen) atoms. The minimum Gasteiger partial charge on any atom is -0.497 e. The molecule has 1 amide bonds. The lowest BCUT2D eigenvalue weighted by Gasteiger charge is -2.19. The van der Waals surface area contributed by atoms with Gasteiger partial charge in [-0.05, 0) is 42.7 Å². The van der Waals surface area contributed by atoms with Crippen molar-refractivity contribution in [1.29, 1.82) is 0 Å². The van der Waals surface area contributed by atoms with Crippen molar-refractivity contribution in [1.82, 2.24) is 16.0 Å². The Balaban J connectivity index is 0.00000300. The van der Waals surface area contributed by atoms with E-state index in [-0.39, 0.29) is 35.3 Å². The van der Waals surface area contributed by atoms with Crippen LogP contribution in [0.3, 0.4) is 0 Å². The highest BCUT2D eigenvalue weighted by atomic mass is 127. The minimum atomic E-state index is -0.103. The van der Waals surface area contributed by atoms with Crippen LogP contribution in [0.4, 0.5) is 0 Å². The lowest BCUT2D eigenvalue weighted by atomic mass is 9.96. The molecular weight excluding hydrogens is 479 g/mol. The highest BCUT2D eigenvalue weighted by Gasteiger charge is 2.43. The van der Waals surface area contributed by atoms with Crippen LogP contribution in [0.2, 0.25) is 0 Å². The van der Waals surface area contributed by atoms with E-state index in [2.05, 4.69) is 45.2 Å². The number of carbonyl (C=O) groups is 1. The molecule has 156 valence electrons. The number of nitrogens with zero attached hydrogens (tertiary/aromatic N) is 1. The van der Waals surface area contributed by atoms with Crippen molar-refractivity contribution in [2.45, 2.75) is 18.3 Å². The van der Waals surface area contributed by atoms with Gasteiger partial charge in [-0.25, -0.2) is 0 Å². The van der Waals surface area contributed by atoms with Crippen LogP contribution in [-0.4, -0.2) is 45.7 Å². The maximum atomic E-state index is 12.2. The average molecular weight is 508 g/mol. The first-order chi connectivity index (χ1) is 13.7. The van der Waals surface area contributed by atoms with E-state index in [0.717, 1.165) is 18.3 Å². The van der Waals surface area contributed by atoms with E-state index >= 15 is 0 Å². The van der Waals surface area contributed by atoms with Crippen LogP contribution in [0.15, 0.2) is 59.6 Å². The number of ether oxygens (including phenoxy) is 1. The van der Waals surface area contributed by atoms with Gasteiger partial charge >= 0.3 is 0 Å². The van der Waals surface area contributed by atoms with Crippen molar-refractivity contribution in [2.24, 2.45) is 4.99 Å². The van der Waals surface area contributed by atoms with Gasteiger partial charge in [0.25, 0.3) is 5.91 Å². The van der Waals surface area contributed by atoms with Gasteiger partial charge in [0.15, 0.2) is 5.96 Å². The summed E-state index contributed by atoms with van der Waals surface area (Å²) >= 11 is 0. The third kappa shape index (κ3) is 6.35. The van der Waals surface area contributed by atoms with Gasteiger partial charge in [-0.15, -0.1) is 24.0 Å². The lowest BCUT2D eigenvalue weighted by molar-refractivity contribution is 0.0954. The van der Waals surface area contributed by atoms with E-state index in [0.29, 0.717) is 18.7 Å². The SMILES string of the molecule is CN=C(NCCNC(=O)c1ccc(OC)cc1)NCC1(c2ccccc2)CC1.I. The molecule has 0 aromatic heterocycles. The Morgan fingerprint density at radius 3 is 2.24 bits per heavy atom. The van der Waals surface area contributed by atoms with Crippen molar-refractivity contribution in [3.63, 3.8) is 0 Å². The Morgan fingerprint density at radius 1 is 1.00 bits per heavy atom. The molecule has 3 N–H and O–H groups in total. The van der Waals surface area contributed by atoms with E-state index in [1.165, 1.54) is 18.4 Å². The average Bonchev–Trinajstić information content (AvgIpc) is 3.55. The second-order valence-corrected chi connectivity index (χ2v) is 6.98. The number of amides is 1. The first-order valence-electron chi connectivity index (χ1n) is 9.59. The molecule has 0 saturated heterocycles. The van der Waals surface area contributed by atoms with E-state index in [1.807, 2.05) is 6.07 Å². The van der Waals surface area contributed by atoms with Gasteiger partial charge in [-0.3, -0.25) is 9.79 Å². The summed E-state index contributed by atoms with van der Waals surface area (Å²) in [6, 6.07) is 17.7. The number of benzene rings is 2. The third-order valence-corrected chi connectivity index (χ3v) is 5.11. The number of halogens is 1. The Labute approximate surface area is 189 Å². The van der Waals surface area contributed by atoms with E-state index < -0.39 is 0 Å². The Morgan fingerprint density at radius 2 is 1.66 bits per heavy atom. The molecule has 0 spiro atoms. The molecule has 7 heteroatoms. The first-order valence-corrected chi connectivity index (χ1v) is 9.59. The molecule has 0 bridgehead atoms. The maximum Gasteiger partial charge on any atom is 0.251 e. The summed E-state index contributed by atoms with van der Waals surface area (Å²) in [6.07, 6.45) is 2.39. The zero-order valence-electron chi connectivity index (χ0n) is 16.9. The predicted octanol–water partition coefficient (Wildman–Crippen LogP) is 2.94. The highest BCUT2D eigenvalue weighted by Crippen LogP contribution is 2.47. The predicted molar refractivity (Wildman–Crippen MR) is 127 cm³/mol. The van der Waals surface area contributed by atoms with Crippen LogP contribution in [0, 0.1) is 0 Å². The van der Waals surface area contributed by atoms with Crippen LogP contribution in [-0.2, 0) is 5.41 Å². The Kier molecular flexibility index (Phi) is 8.75. The second-order valence-electron chi connectivity index (χ2n) is 6.98. The Bertz CT molecular complexity index is 805. The summed E-state index contributed by atoms with van der Waals surface area (Å²) in [6.45, 7) is 1.96. The number of carbonyl (C=O) groups excluding carboxylic acids is 1. The van der Waals surface area contributed by atoms with Gasteiger partial charge in [-0.1, -0.05) is 30.3 Å². The third-order valence-electron chi connectivity index (χ3n) is 5.11. The summed E-state index contributed by atoms with van der Waals surface area (Å²) in [5.41, 5.74) is 2.22. The molecule has 0 heterocycles. The number of hydrogen-bond acceptors (Lipinski definition) is 3. The van der Waals surface area contributed by atoms with Crippen LogP contribution in [0.5, 0.6) is 5.75 Å². The van der Waals surface area contributed by atoms with Crippen LogP contribution in [0.25, 0.3) is 0 Å². The molecule has 2 aromatic carbocycles. The first kappa shape index (κ1) is 23.0. The summed E-state index contributed by atoms with van der Waals surface area (Å²) in [7, 11) is 3.36. The quantitative estimate of drug-likeness (QED) is 0.222. The van der Waals surface area contributed by atoms with E-state index in [4.69, 9.17) is 4.74 Å². The zero-order valence-corrected chi connectivity index (χ0v) is 19.2. The summed E-state index contributed by atoms with van der Waals surface area (Å²) < 4.78 is 5.10. The van der Waals surface area contributed by atoms with E-state index in [9.17, 15) is 4.79 Å². The molecule has 0 atom stereocenters. The molecule has 6 nitrogen and oxygen atoms in total. The van der Waals surface area contributed by atoms with Gasteiger partial charge in [-0.2, -0.15) is 0 Å². The number of nitrogens with one attached hydrogen (secondary N) is 3. The maximum absolute atomic E-state index is 12.2. The number of hydrogen-bond donors (Lipinski definition) is 3. The normalized spacial score (nSPS) is 14.3. The number of aliphatic imine (C=N–C) groups is 1. The smallest absolute Gasteiger partial charge is 0.251 e. The van der Waals surface area contributed by atoms with Gasteiger partial charge in [0.05, 0.1) is 7.11 Å². The van der Waals surface area contributed by atoms with Crippen molar-refractivity contribution >= 4 is 35.8 Å². The minimum absolute atomic E-state index is 0. The van der Waals surface area contributed by atoms with Gasteiger partial charge < -0.3 is 20.7 Å². The summed E-state index contributed by atoms with van der Waals surface area (Å²) in [4.78, 5) is 16.4. The number of methoxy groups -OCH3 is 1. The van der Waals surface area contributed by atoms with Crippen LogP contribution < -0.4 is 20.7 Å². The second kappa shape index (κ2) is 11.0. The molecule has 2 aromatic rings. The summed E-state index contributed by atoms with van der Waals surface area (Å²) in [5.74, 6) is 1.38. The molecule has 0 radical (unpaired) electrons. The number of rotatable bonds is 8. The fourth-order valence-corrected chi connectivity index (χ4v) is 3.19. The molecule has 0 unspecified atom stereocenters. The molecule has 3 rings (SSSR count). The molecular formula is C22H29IN4O2.